The zero-order valence-corrected chi connectivity index (χ0v) is 12.7. The summed E-state index contributed by atoms with van der Waals surface area (Å²) in [5.74, 6) is 1.07. The summed E-state index contributed by atoms with van der Waals surface area (Å²) in [4.78, 5) is 12.7. The first kappa shape index (κ1) is 14.2. The Morgan fingerprint density at radius 1 is 1.47 bits per heavy atom. The van der Waals surface area contributed by atoms with E-state index in [-0.39, 0.29) is 5.91 Å². The Kier molecular flexibility index (Phi) is 4.34. The van der Waals surface area contributed by atoms with Gasteiger partial charge >= 0.3 is 0 Å². The predicted octanol–water partition coefficient (Wildman–Crippen LogP) is 3.03. The molecule has 1 amide bonds. The highest BCUT2D eigenvalue weighted by Gasteiger charge is 2.32. The number of amides is 1. The summed E-state index contributed by atoms with van der Waals surface area (Å²) in [6, 6.07) is 0. The van der Waals surface area contributed by atoms with Gasteiger partial charge in [-0.1, -0.05) is 13.8 Å². The fraction of sp³-hybridized carbons (Fsp3) is 0.643. The van der Waals surface area contributed by atoms with E-state index in [1.165, 1.54) is 29.7 Å². The second kappa shape index (κ2) is 5.82. The molecule has 5 heteroatoms. The number of hydrogen-bond donors (Lipinski definition) is 3. The summed E-state index contributed by atoms with van der Waals surface area (Å²) in [5.41, 5.74) is 8.05. The Morgan fingerprint density at radius 2 is 2.16 bits per heavy atom. The van der Waals surface area contributed by atoms with Crippen LogP contribution in [0, 0.1) is 5.92 Å². The van der Waals surface area contributed by atoms with Crippen LogP contribution in [-0.4, -0.2) is 19.0 Å². The van der Waals surface area contributed by atoms with Gasteiger partial charge in [0.2, 0.25) is 0 Å². The number of nitrogens with two attached hydrogens (primary N) is 1. The zero-order chi connectivity index (χ0) is 14.0. The molecule has 1 fully saturated rings. The second-order valence-electron chi connectivity index (χ2n) is 5.50. The quantitative estimate of drug-likeness (QED) is 0.751. The zero-order valence-electron chi connectivity index (χ0n) is 11.9. The number of nitrogens with one attached hydrogen (secondary N) is 2. The van der Waals surface area contributed by atoms with E-state index in [1.54, 1.807) is 0 Å². The lowest BCUT2D eigenvalue weighted by Crippen LogP contribution is -2.22. The van der Waals surface area contributed by atoms with Crippen LogP contribution in [0.1, 0.15) is 54.8 Å². The number of thiophene rings is 1. The van der Waals surface area contributed by atoms with Gasteiger partial charge in [0.15, 0.2) is 0 Å². The Bertz CT molecular complexity index is 464. The molecule has 1 aliphatic rings. The van der Waals surface area contributed by atoms with Gasteiger partial charge in [-0.3, -0.25) is 4.79 Å². The van der Waals surface area contributed by atoms with Gasteiger partial charge in [-0.15, -0.1) is 11.3 Å². The van der Waals surface area contributed by atoms with Crippen LogP contribution in [0.5, 0.6) is 0 Å². The van der Waals surface area contributed by atoms with Gasteiger partial charge in [0.1, 0.15) is 4.88 Å². The molecule has 0 aliphatic heterocycles. The second-order valence-corrected chi connectivity index (χ2v) is 6.52. The van der Waals surface area contributed by atoms with Gasteiger partial charge in [0.05, 0.1) is 10.7 Å². The van der Waals surface area contributed by atoms with Crippen molar-refractivity contribution in [2.45, 2.75) is 39.5 Å². The molecule has 0 aromatic carbocycles. The first-order valence-electron chi connectivity index (χ1n) is 6.98. The summed E-state index contributed by atoms with van der Waals surface area (Å²) in [6.07, 6.45) is 2.37. The van der Waals surface area contributed by atoms with E-state index in [1.807, 2.05) is 6.92 Å². The largest absolute Gasteiger partial charge is 0.397 e. The van der Waals surface area contributed by atoms with Crippen LogP contribution in [-0.2, 0) is 0 Å². The number of carbonyl (C=O) groups is 1. The molecular weight excluding hydrogens is 258 g/mol. The molecule has 1 aromatic heterocycles. The highest BCUT2D eigenvalue weighted by molar-refractivity contribution is 7.18. The molecule has 1 saturated carbocycles. The highest BCUT2D eigenvalue weighted by atomic mass is 32.1. The molecule has 19 heavy (non-hydrogen) atoms. The van der Waals surface area contributed by atoms with Crippen molar-refractivity contribution in [2.75, 3.05) is 24.1 Å². The standard InChI is InChI=1S/C14H23N3OS/c1-4-16-13(18)12-11(15)10(9-5-6-9)14(19-12)17-7-8(2)3/h8-9,17H,4-7,15H2,1-3H3,(H,16,18). The van der Waals surface area contributed by atoms with Crippen molar-refractivity contribution in [3.63, 3.8) is 0 Å². The van der Waals surface area contributed by atoms with Crippen LogP contribution in [0.25, 0.3) is 0 Å². The minimum atomic E-state index is -0.0514. The van der Waals surface area contributed by atoms with Crippen molar-refractivity contribution in [1.29, 1.82) is 0 Å². The van der Waals surface area contributed by atoms with Crippen molar-refractivity contribution in [2.24, 2.45) is 5.92 Å². The summed E-state index contributed by atoms with van der Waals surface area (Å²) in [5, 5.41) is 7.37. The number of hydrogen-bond acceptors (Lipinski definition) is 4. The molecule has 1 aliphatic carbocycles. The van der Waals surface area contributed by atoms with Crippen LogP contribution >= 0.6 is 11.3 Å². The first-order chi connectivity index (χ1) is 9.04. The van der Waals surface area contributed by atoms with Crippen molar-refractivity contribution < 1.29 is 4.79 Å². The monoisotopic (exact) mass is 281 g/mol. The minimum Gasteiger partial charge on any atom is -0.397 e. The van der Waals surface area contributed by atoms with Crippen molar-refractivity contribution in [3.8, 4) is 0 Å². The predicted molar refractivity (Wildman–Crippen MR) is 82.0 cm³/mol. The molecular formula is C14H23N3OS. The van der Waals surface area contributed by atoms with Gasteiger partial charge in [-0.2, -0.15) is 0 Å². The summed E-state index contributed by atoms with van der Waals surface area (Å²) in [6.45, 7) is 7.80. The molecule has 4 N–H and O–H groups in total. The molecule has 0 bridgehead atoms. The Morgan fingerprint density at radius 3 is 2.68 bits per heavy atom. The molecule has 0 radical (unpaired) electrons. The Balaban J connectivity index is 2.25. The lowest BCUT2D eigenvalue weighted by atomic mass is 10.1. The maximum absolute atomic E-state index is 12.0. The van der Waals surface area contributed by atoms with Crippen molar-refractivity contribution in [1.82, 2.24) is 5.32 Å². The van der Waals surface area contributed by atoms with Crippen LogP contribution in [0.3, 0.4) is 0 Å². The fourth-order valence-electron chi connectivity index (χ4n) is 2.07. The lowest BCUT2D eigenvalue weighted by Gasteiger charge is -2.09. The SMILES string of the molecule is CCNC(=O)c1sc(NCC(C)C)c(C2CC2)c1N. The molecule has 0 unspecified atom stereocenters. The highest BCUT2D eigenvalue weighted by Crippen LogP contribution is 2.50. The number of anilines is 2. The van der Waals surface area contributed by atoms with Gasteiger partial charge in [0, 0.05) is 18.7 Å². The average Bonchev–Trinajstić information content (AvgIpc) is 3.11. The third-order valence-corrected chi connectivity index (χ3v) is 4.36. The van der Waals surface area contributed by atoms with E-state index in [0.717, 1.165) is 11.5 Å². The van der Waals surface area contributed by atoms with E-state index in [2.05, 4.69) is 24.5 Å². The van der Waals surface area contributed by atoms with Gasteiger partial charge in [-0.25, -0.2) is 0 Å². The van der Waals surface area contributed by atoms with Crippen LogP contribution in [0.4, 0.5) is 10.7 Å². The third kappa shape index (κ3) is 3.21. The van der Waals surface area contributed by atoms with Crippen molar-refractivity contribution in [3.05, 3.63) is 10.4 Å². The van der Waals surface area contributed by atoms with E-state index < -0.39 is 0 Å². The maximum Gasteiger partial charge on any atom is 0.263 e. The molecule has 0 saturated heterocycles. The minimum absolute atomic E-state index is 0.0514. The first-order valence-corrected chi connectivity index (χ1v) is 7.80. The fourth-order valence-corrected chi connectivity index (χ4v) is 3.20. The molecule has 1 heterocycles. The van der Waals surface area contributed by atoms with E-state index in [4.69, 9.17) is 5.73 Å². The average molecular weight is 281 g/mol. The number of carbonyl (C=O) groups excluding carboxylic acids is 1. The topological polar surface area (TPSA) is 67.2 Å². The van der Waals surface area contributed by atoms with Crippen LogP contribution in [0.2, 0.25) is 0 Å². The van der Waals surface area contributed by atoms with Gasteiger partial charge in [-0.05, 0) is 31.6 Å². The van der Waals surface area contributed by atoms with Crippen LogP contribution < -0.4 is 16.4 Å². The maximum atomic E-state index is 12.0. The molecule has 2 rings (SSSR count). The van der Waals surface area contributed by atoms with E-state index in [0.29, 0.717) is 28.9 Å². The molecule has 4 nitrogen and oxygen atoms in total. The van der Waals surface area contributed by atoms with Gasteiger partial charge < -0.3 is 16.4 Å². The van der Waals surface area contributed by atoms with Crippen molar-refractivity contribution >= 4 is 27.9 Å². The lowest BCUT2D eigenvalue weighted by molar-refractivity contribution is 0.0960. The molecule has 1 aromatic rings. The van der Waals surface area contributed by atoms with Crippen LogP contribution in [0.15, 0.2) is 0 Å². The Hall–Kier alpha value is -1.23. The molecule has 0 atom stereocenters. The third-order valence-electron chi connectivity index (χ3n) is 3.18. The normalized spacial score (nSPS) is 14.7. The smallest absolute Gasteiger partial charge is 0.263 e. The summed E-state index contributed by atoms with van der Waals surface area (Å²) >= 11 is 1.50. The van der Waals surface area contributed by atoms with E-state index in [9.17, 15) is 4.79 Å². The summed E-state index contributed by atoms with van der Waals surface area (Å²) < 4.78 is 0. The van der Waals surface area contributed by atoms with E-state index >= 15 is 0 Å². The number of nitrogen functional groups attached to an aromatic ring is 1. The molecule has 0 spiro atoms. The summed E-state index contributed by atoms with van der Waals surface area (Å²) in [7, 11) is 0. The molecule has 106 valence electrons. The van der Waals surface area contributed by atoms with Gasteiger partial charge in [0.25, 0.3) is 5.91 Å². The Labute approximate surface area is 118 Å². The number of rotatable bonds is 6.